The number of anilines is 1. The lowest BCUT2D eigenvalue weighted by Gasteiger charge is -2.12. The minimum atomic E-state index is -4.78. The first-order valence-electron chi connectivity index (χ1n) is 9.38. The van der Waals surface area contributed by atoms with E-state index in [0.717, 1.165) is 18.2 Å². The predicted molar refractivity (Wildman–Crippen MR) is 114 cm³/mol. The van der Waals surface area contributed by atoms with Crippen LogP contribution in [0.15, 0.2) is 36.4 Å². The van der Waals surface area contributed by atoms with Crippen molar-refractivity contribution in [2.45, 2.75) is 13.1 Å². The van der Waals surface area contributed by atoms with Crippen LogP contribution in [0.25, 0.3) is 21.3 Å². The molecule has 1 aromatic carbocycles. The fraction of sp³-hybridized carbons (Fsp3) is 0.143. The second kappa shape index (κ2) is 7.96. The van der Waals surface area contributed by atoms with E-state index in [1.807, 2.05) is 0 Å². The van der Waals surface area contributed by atoms with Crippen molar-refractivity contribution in [2.24, 2.45) is 12.8 Å². The summed E-state index contributed by atoms with van der Waals surface area (Å²) in [5, 5.41) is 6.70. The quantitative estimate of drug-likeness (QED) is 0.422. The maximum absolute atomic E-state index is 13.5. The van der Waals surface area contributed by atoms with Crippen molar-refractivity contribution in [3.63, 3.8) is 0 Å². The number of amides is 2. The third kappa shape index (κ3) is 4.16. The maximum Gasteiger partial charge on any atom is 0.433 e. The van der Waals surface area contributed by atoms with E-state index in [4.69, 9.17) is 5.73 Å². The summed E-state index contributed by atoms with van der Waals surface area (Å²) in [6.45, 7) is 1.73. The molecule has 3 N–H and O–H groups in total. The van der Waals surface area contributed by atoms with Gasteiger partial charge in [0.25, 0.3) is 11.8 Å². The topological polar surface area (TPSA) is 103 Å². The SMILES string of the molecule is Cc1cc(C(=O)Nc2c(C(N)=O)sc3nc(C(F)(F)F)cc(-c4ccc(F)cc4)c23)nn1C. The van der Waals surface area contributed by atoms with E-state index in [2.05, 4.69) is 15.4 Å². The van der Waals surface area contributed by atoms with Gasteiger partial charge in [0.1, 0.15) is 21.2 Å². The number of nitrogens with zero attached hydrogens (tertiary/aromatic N) is 3. The summed E-state index contributed by atoms with van der Waals surface area (Å²) in [4.78, 5) is 28.2. The number of alkyl halides is 3. The minimum Gasteiger partial charge on any atom is -0.365 e. The van der Waals surface area contributed by atoms with E-state index in [9.17, 15) is 27.2 Å². The Morgan fingerprint density at radius 1 is 1.15 bits per heavy atom. The Morgan fingerprint density at radius 2 is 1.82 bits per heavy atom. The molecule has 7 nitrogen and oxygen atoms in total. The fourth-order valence-electron chi connectivity index (χ4n) is 3.24. The number of rotatable bonds is 4. The standard InChI is InChI=1S/C21H15F4N5O2S/c1-9-7-13(29-30(9)2)19(32)28-16-15-12(10-3-5-11(22)6-4-10)8-14(21(23,24)25)27-20(15)33-17(16)18(26)31/h3-8H,1-2H3,(H2,26,31)(H,28,32). The fourth-order valence-corrected chi connectivity index (χ4v) is 4.25. The summed E-state index contributed by atoms with van der Waals surface area (Å²) < 4.78 is 55.5. The molecule has 2 amide bonds. The van der Waals surface area contributed by atoms with Crippen molar-refractivity contribution < 1.29 is 27.2 Å². The van der Waals surface area contributed by atoms with Crippen LogP contribution in [-0.2, 0) is 13.2 Å². The molecule has 33 heavy (non-hydrogen) atoms. The third-order valence-electron chi connectivity index (χ3n) is 4.92. The van der Waals surface area contributed by atoms with Crippen LogP contribution in [0.5, 0.6) is 0 Å². The molecule has 0 aliphatic rings. The number of benzene rings is 1. The number of primary amides is 1. The highest BCUT2D eigenvalue weighted by Gasteiger charge is 2.35. The largest absolute Gasteiger partial charge is 0.433 e. The number of pyridine rings is 1. The van der Waals surface area contributed by atoms with Gasteiger partial charge in [-0.1, -0.05) is 12.1 Å². The van der Waals surface area contributed by atoms with E-state index in [0.29, 0.717) is 17.0 Å². The number of carbonyl (C=O) groups is 2. The first-order valence-corrected chi connectivity index (χ1v) is 10.2. The molecule has 0 unspecified atom stereocenters. The second-order valence-corrected chi connectivity index (χ2v) is 8.16. The van der Waals surface area contributed by atoms with Crippen molar-refractivity contribution >= 4 is 39.1 Å². The number of carbonyl (C=O) groups excluding carboxylic acids is 2. The summed E-state index contributed by atoms with van der Waals surface area (Å²) in [6.07, 6.45) is -4.78. The normalized spacial score (nSPS) is 11.7. The Morgan fingerprint density at radius 3 is 2.36 bits per heavy atom. The van der Waals surface area contributed by atoms with E-state index in [1.165, 1.54) is 22.9 Å². The van der Waals surface area contributed by atoms with Gasteiger partial charge in [-0.05, 0) is 42.3 Å². The van der Waals surface area contributed by atoms with E-state index in [1.54, 1.807) is 14.0 Å². The smallest absolute Gasteiger partial charge is 0.365 e. The van der Waals surface area contributed by atoms with Crippen molar-refractivity contribution in [1.82, 2.24) is 14.8 Å². The van der Waals surface area contributed by atoms with Crippen molar-refractivity contribution in [3.8, 4) is 11.1 Å². The van der Waals surface area contributed by atoms with Gasteiger partial charge < -0.3 is 11.1 Å². The van der Waals surface area contributed by atoms with Gasteiger partial charge in [-0.3, -0.25) is 14.3 Å². The van der Waals surface area contributed by atoms with Crippen LogP contribution >= 0.6 is 11.3 Å². The monoisotopic (exact) mass is 477 g/mol. The average Bonchev–Trinajstić information content (AvgIpc) is 3.27. The van der Waals surface area contributed by atoms with Crippen LogP contribution < -0.4 is 11.1 Å². The third-order valence-corrected chi connectivity index (χ3v) is 6.01. The van der Waals surface area contributed by atoms with Crippen LogP contribution in [0, 0.1) is 12.7 Å². The van der Waals surface area contributed by atoms with Crippen LogP contribution in [0.4, 0.5) is 23.2 Å². The molecule has 3 aromatic heterocycles. The first-order chi connectivity index (χ1) is 15.5. The Kier molecular flexibility index (Phi) is 5.40. The van der Waals surface area contributed by atoms with Crippen molar-refractivity contribution in [2.75, 3.05) is 5.32 Å². The zero-order valence-electron chi connectivity index (χ0n) is 17.1. The van der Waals surface area contributed by atoms with Crippen molar-refractivity contribution in [3.05, 3.63) is 64.2 Å². The number of hydrogen-bond acceptors (Lipinski definition) is 5. The number of hydrogen-bond donors (Lipinski definition) is 2. The second-order valence-electron chi connectivity index (χ2n) is 7.16. The molecule has 0 atom stereocenters. The van der Waals surface area contributed by atoms with Crippen LogP contribution in [-0.4, -0.2) is 26.6 Å². The molecule has 4 rings (SSSR count). The lowest BCUT2D eigenvalue weighted by Crippen LogP contribution is -2.17. The van der Waals surface area contributed by atoms with Gasteiger partial charge in [0.2, 0.25) is 0 Å². The number of nitrogens with two attached hydrogens (primary N) is 1. The zero-order chi connectivity index (χ0) is 24.1. The molecule has 0 saturated heterocycles. The molecular weight excluding hydrogens is 462 g/mol. The van der Waals surface area contributed by atoms with Gasteiger partial charge >= 0.3 is 6.18 Å². The Hall–Kier alpha value is -3.80. The van der Waals surface area contributed by atoms with Crippen LogP contribution in [0.3, 0.4) is 0 Å². The number of fused-ring (bicyclic) bond motifs is 1. The number of aryl methyl sites for hydroxylation is 2. The van der Waals surface area contributed by atoms with Gasteiger partial charge in [0.05, 0.1) is 5.69 Å². The molecule has 0 aliphatic heterocycles. The Balaban J connectivity index is 1.98. The molecule has 0 spiro atoms. The lowest BCUT2D eigenvalue weighted by atomic mass is 10.0. The van der Waals surface area contributed by atoms with Crippen molar-refractivity contribution in [1.29, 1.82) is 0 Å². The Labute approximate surface area is 187 Å². The molecule has 0 saturated carbocycles. The molecule has 12 heteroatoms. The van der Waals surface area contributed by atoms with E-state index in [-0.39, 0.29) is 37.6 Å². The summed E-state index contributed by atoms with van der Waals surface area (Å²) in [7, 11) is 1.64. The number of aromatic nitrogens is 3. The first kappa shape index (κ1) is 22.4. The van der Waals surface area contributed by atoms with Gasteiger partial charge in [-0.2, -0.15) is 18.3 Å². The molecule has 0 fully saturated rings. The highest BCUT2D eigenvalue weighted by molar-refractivity contribution is 7.21. The average molecular weight is 477 g/mol. The molecular formula is C21H15F4N5O2S. The van der Waals surface area contributed by atoms with Gasteiger partial charge in [-0.15, -0.1) is 11.3 Å². The van der Waals surface area contributed by atoms with Gasteiger partial charge in [0.15, 0.2) is 5.69 Å². The van der Waals surface area contributed by atoms with Crippen LogP contribution in [0.2, 0.25) is 0 Å². The van der Waals surface area contributed by atoms with E-state index < -0.39 is 29.5 Å². The number of halogens is 4. The minimum absolute atomic E-state index is 0.00331. The van der Waals surface area contributed by atoms with Gasteiger partial charge in [0, 0.05) is 18.1 Å². The number of thiophene rings is 1. The summed E-state index contributed by atoms with van der Waals surface area (Å²) >= 11 is 0.620. The van der Waals surface area contributed by atoms with E-state index >= 15 is 0 Å². The maximum atomic E-state index is 13.5. The van der Waals surface area contributed by atoms with Gasteiger partial charge in [-0.25, -0.2) is 9.37 Å². The summed E-state index contributed by atoms with van der Waals surface area (Å²) in [5.41, 5.74) is 5.12. The van der Waals surface area contributed by atoms with Crippen LogP contribution in [0.1, 0.15) is 31.5 Å². The summed E-state index contributed by atoms with van der Waals surface area (Å²) in [5.74, 6) is -2.22. The zero-order valence-corrected chi connectivity index (χ0v) is 17.9. The molecule has 0 aliphatic carbocycles. The molecule has 4 aromatic rings. The summed E-state index contributed by atoms with van der Waals surface area (Å²) in [6, 6.07) is 7.05. The highest BCUT2D eigenvalue weighted by atomic mass is 32.1. The molecule has 3 heterocycles. The predicted octanol–water partition coefficient (Wildman–Crippen LogP) is 4.51. The highest BCUT2D eigenvalue weighted by Crippen LogP contribution is 2.43. The molecule has 170 valence electrons. The molecule has 0 radical (unpaired) electrons. The lowest BCUT2D eigenvalue weighted by molar-refractivity contribution is -0.140. The molecule has 0 bridgehead atoms. The number of nitrogens with one attached hydrogen (secondary N) is 1. The Bertz CT molecular complexity index is 1390.